The summed E-state index contributed by atoms with van der Waals surface area (Å²) in [4.78, 5) is 18.9. The van der Waals surface area contributed by atoms with Crippen LogP contribution in [-0.4, -0.2) is 15.9 Å². The van der Waals surface area contributed by atoms with E-state index in [0.717, 1.165) is 5.69 Å². The van der Waals surface area contributed by atoms with Crippen LogP contribution >= 0.6 is 0 Å². The highest BCUT2D eigenvalue weighted by molar-refractivity contribution is 6.34. The van der Waals surface area contributed by atoms with Crippen molar-refractivity contribution in [2.75, 3.05) is 5.32 Å². The Kier molecular flexibility index (Phi) is 2.26. The number of nitrogens with one attached hydrogen (secondary N) is 2. The SMILES string of the molecule is Cc1cnc(/C=C2\C(=O)Nc3ccc(F)cc32)[nH]1. The number of fused-ring (bicyclic) bond motifs is 1. The summed E-state index contributed by atoms with van der Waals surface area (Å²) in [5.74, 6) is -0.0359. The van der Waals surface area contributed by atoms with Gasteiger partial charge < -0.3 is 10.3 Å². The quantitative estimate of drug-likeness (QED) is 0.755. The van der Waals surface area contributed by atoms with E-state index in [4.69, 9.17) is 0 Å². The number of carbonyl (C=O) groups is 1. The molecule has 2 aromatic rings. The van der Waals surface area contributed by atoms with Crippen LogP contribution in [0.4, 0.5) is 10.1 Å². The van der Waals surface area contributed by atoms with Crippen molar-refractivity contribution in [3.8, 4) is 0 Å². The molecule has 0 unspecified atom stereocenters. The Morgan fingerprint density at radius 2 is 2.22 bits per heavy atom. The highest BCUT2D eigenvalue weighted by Gasteiger charge is 2.24. The van der Waals surface area contributed by atoms with Gasteiger partial charge in [-0.1, -0.05) is 0 Å². The second kappa shape index (κ2) is 3.80. The Morgan fingerprint density at radius 3 is 2.94 bits per heavy atom. The molecular weight excluding hydrogens is 233 g/mol. The molecule has 1 aliphatic heterocycles. The lowest BCUT2D eigenvalue weighted by atomic mass is 10.1. The lowest BCUT2D eigenvalue weighted by molar-refractivity contribution is -0.110. The second-order valence-electron chi connectivity index (χ2n) is 4.15. The van der Waals surface area contributed by atoms with E-state index in [1.165, 1.54) is 12.1 Å². The van der Waals surface area contributed by atoms with Gasteiger partial charge in [-0.3, -0.25) is 4.79 Å². The van der Waals surface area contributed by atoms with Crippen molar-refractivity contribution in [2.45, 2.75) is 6.92 Å². The van der Waals surface area contributed by atoms with Gasteiger partial charge in [-0.15, -0.1) is 0 Å². The minimum absolute atomic E-state index is 0.246. The number of aryl methyl sites for hydroxylation is 1. The maximum atomic E-state index is 13.2. The third-order valence-corrected chi connectivity index (χ3v) is 2.77. The largest absolute Gasteiger partial charge is 0.343 e. The summed E-state index contributed by atoms with van der Waals surface area (Å²) in [6.45, 7) is 1.87. The van der Waals surface area contributed by atoms with Crippen LogP contribution in [0.3, 0.4) is 0 Å². The molecule has 0 spiro atoms. The van der Waals surface area contributed by atoms with Crippen molar-refractivity contribution in [2.24, 2.45) is 0 Å². The van der Waals surface area contributed by atoms with Crippen molar-refractivity contribution >= 4 is 23.2 Å². The number of H-pyrrole nitrogens is 1. The summed E-state index contributed by atoms with van der Waals surface area (Å²) in [6.07, 6.45) is 3.29. The molecule has 0 saturated carbocycles. The fraction of sp³-hybridized carbons (Fsp3) is 0.0769. The van der Waals surface area contributed by atoms with E-state index in [0.29, 0.717) is 22.6 Å². The first kappa shape index (κ1) is 10.7. The van der Waals surface area contributed by atoms with Gasteiger partial charge in [-0.2, -0.15) is 0 Å². The van der Waals surface area contributed by atoms with Gasteiger partial charge in [0.2, 0.25) is 0 Å². The summed E-state index contributed by atoms with van der Waals surface area (Å²) in [5, 5.41) is 2.69. The number of carbonyl (C=O) groups excluding carboxylic acids is 1. The predicted octanol–water partition coefficient (Wildman–Crippen LogP) is 2.35. The molecule has 1 aliphatic rings. The lowest BCUT2D eigenvalue weighted by Gasteiger charge is -1.97. The summed E-state index contributed by atoms with van der Waals surface area (Å²) in [7, 11) is 0. The maximum Gasteiger partial charge on any atom is 0.256 e. The molecular formula is C13H10FN3O. The van der Waals surface area contributed by atoms with Gasteiger partial charge in [-0.25, -0.2) is 9.37 Å². The summed E-state index contributed by atoms with van der Waals surface area (Å²) in [5.41, 5.74) is 2.50. The molecule has 0 radical (unpaired) electrons. The molecule has 90 valence electrons. The highest BCUT2D eigenvalue weighted by atomic mass is 19.1. The van der Waals surface area contributed by atoms with Crippen LogP contribution in [0, 0.1) is 12.7 Å². The first-order valence-electron chi connectivity index (χ1n) is 5.48. The van der Waals surface area contributed by atoms with Crippen LogP contribution < -0.4 is 5.32 Å². The molecule has 2 N–H and O–H groups in total. The Bertz CT molecular complexity index is 673. The zero-order valence-electron chi connectivity index (χ0n) is 9.62. The number of hydrogen-bond acceptors (Lipinski definition) is 2. The van der Waals surface area contributed by atoms with Crippen molar-refractivity contribution in [1.82, 2.24) is 9.97 Å². The number of nitrogens with zero attached hydrogens (tertiary/aromatic N) is 1. The Hall–Kier alpha value is -2.43. The number of aromatic nitrogens is 2. The van der Waals surface area contributed by atoms with Crippen molar-refractivity contribution in [1.29, 1.82) is 0 Å². The number of hydrogen-bond donors (Lipinski definition) is 2. The van der Waals surface area contributed by atoms with Crippen LogP contribution in [0.25, 0.3) is 11.6 Å². The van der Waals surface area contributed by atoms with Gasteiger partial charge in [-0.05, 0) is 31.2 Å². The molecule has 1 amide bonds. The summed E-state index contributed by atoms with van der Waals surface area (Å²) < 4.78 is 13.2. The topological polar surface area (TPSA) is 57.8 Å². The minimum atomic E-state index is -0.369. The maximum absolute atomic E-state index is 13.2. The minimum Gasteiger partial charge on any atom is -0.343 e. The lowest BCUT2D eigenvalue weighted by Crippen LogP contribution is -2.03. The monoisotopic (exact) mass is 243 g/mol. The predicted molar refractivity (Wildman–Crippen MR) is 66.2 cm³/mol. The molecule has 2 heterocycles. The summed E-state index contributed by atoms with van der Waals surface area (Å²) in [6, 6.07) is 4.21. The van der Waals surface area contributed by atoms with Gasteiger partial charge in [0.15, 0.2) is 0 Å². The first-order valence-corrected chi connectivity index (χ1v) is 5.48. The number of rotatable bonds is 1. The normalized spacial score (nSPS) is 15.9. The fourth-order valence-electron chi connectivity index (χ4n) is 1.95. The second-order valence-corrected chi connectivity index (χ2v) is 4.15. The Balaban J connectivity index is 2.11. The van der Waals surface area contributed by atoms with E-state index in [1.807, 2.05) is 6.92 Å². The van der Waals surface area contributed by atoms with E-state index in [9.17, 15) is 9.18 Å². The first-order chi connectivity index (χ1) is 8.63. The molecule has 1 aromatic carbocycles. The Morgan fingerprint density at radius 1 is 1.39 bits per heavy atom. The van der Waals surface area contributed by atoms with Crippen LogP contribution in [-0.2, 0) is 4.79 Å². The fourth-order valence-corrected chi connectivity index (χ4v) is 1.95. The zero-order chi connectivity index (χ0) is 12.7. The molecule has 0 fully saturated rings. The molecule has 3 rings (SSSR count). The van der Waals surface area contributed by atoms with Crippen LogP contribution in [0.5, 0.6) is 0 Å². The molecule has 4 nitrogen and oxygen atoms in total. The number of benzene rings is 1. The average molecular weight is 243 g/mol. The molecule has 0 bridgehead atoms. The highest BCUT2D eigenvalue weighted by Crippen LogP contribution is 2.33. The molecule has 0 saturated heterocycles. The number of anilines is 1. The van der Waals surface area contributed by atoms with E-state index < -0.39 is 0 Å². The Labute approximate surface area is 103 Å². The molecule has 18 heavy (non-hydrogen) atoms. The van der Waals surface area contributed by atoms with Crippen LogP contribution in [0.1, 0.15) is 17.1 Å². The number of imidazole rings is 1. The van der Waals surface area contributed by atoms with Gasteiger partial charge >= 0.3 is 0 Å². The third-order valence-electron chi connectivity index (χ3n) is 2.77. The van der Waals surface area contributed by atoms with Crippen LogP contribution in [0.15, 0.2) is 24.4 Å². The van der Waals surface area contributed by atoms with E-state index in [-0.39, 0.29) is 11.7 Å². The molecule has 1 aromatic heterocycles. The number of aromatic amines is 1. The van der Waals surface area contributed by atoms with E-state index in [2.05, 4.69) is 15.3 Å². The van der Waals surface area contributed by atoms with E-state index >= 15 is 0 Å². The number of amides is 1. The number of halogens is 1. The standard InChI is InChI=1S/C13H10FN3O/c1-7-6-15-12(16-7)5-10-9-4-8(14)2-3-11(9)17-13(10)18/h2-6H,1H3,(H,15,16)(H,17,18)/b10-5-. The van der Waals surface area contributed by atoms with Crippen LogP contribution in [0.2, 0.25) is 0 Å². The van der Waals surface area contributed by atoms with Gasteiger partial charge in [0.05, 0.1) is 5.57 Å². The van der Waals surface area contributed by atoms with Gasteiger partial charge in [0, 0.05) is 23.1 Å². The molecule has 5 heteroatoms. The van der Waals surface area contributed by atoms with Crippen molar-refractivity contribution in [3.63, 3.8) is 0 Å². The zero-order valence-corrected chi connectivity index (χ0v) is 9.62. The molecule has 0 aliphatic carbocycles. The summed E-state index contributed by atoms with van der Waals surface area (Å²) >= 11 is 0. The van der Waals surface area contributed by atoms with Gasteiger partial charge in [0.25, 0.3) is 5.91 Å². The van der Waals surface area contributed by atoms with Gasteiger partial charge in [0.1, 0.15) is 11.6 Å². The van der Waals surface area contributed by atoms with E-state index in [1.54, 1.807) is 18.3 Å². The smallest absolute Gasteiger partial charge is 0.256 e. The van der Waals surface area contributed by atoms with Crippen molar-refractivity contribution < 1.29 is 9.18 Å². The average Bonchev–Trinajstić information content (AvgIpc) is 2.86. The molecule has 0 atom stereocenters. The third kappa shape index (κ3) is 1.69. The van der Waals surface area contributed by atoms with Crippen molar-refractivity contribution in [3.05, 3.63) is 47.3 Å².